The molecule has 0 N–H and O–H groups in total. The van der Waals surface area contributed by atoms with Crippen LogP contribution in [0.1, 0.15) is 47.4 Å². The molecule has 144 valence electrons. The fraction of sp³-hybridized carbons (Fsp3) is 0.522. The highest BCUT2D eigenvalue weighted by atomic mass is 32.1. The molecule has 1 aromatic carbocycles. The van der Waals surface area contributed by atoms with Gasteiger partial charge in [-0.25, -0.2) is 0 Å². The van der Waals surface area contributed by atoms with Crippen molar-refractivity contribution in [2.75, 3.05) is 20.6 Å². The molecule has 0 bridgehead atoms. The molecule has 2 fully saturated rings. The second-order valence-electron chi connectivity index (χ2n) is 8.73. The van der Waals surface area contributed by atoms with E-state index < -0.39 is 0 Å². The Kier molecular flexibility index (Phi) is 4.89. The summed E-state index contributed by atoms with van der Waals surface area (Å²) >= 11 is 1.81. The Labute approximate surface area is 167 Å². The van der Waals surface area contributed by atoms with Gasteiger partial charge >= 0.3 is 0 Å². The molecule has 1 spiro atoms. The molecule has 1 amide bonds. The fourth-order valence-electron chi connectivity index (χ4n) is 5.16. The SMILES string of the molecule is Cc1ccc(CN2CC3(CCC(c4ccccc4)(N(C)C)CC3)CC2=O)s1. The number of hydrogen-bond donors (Lipinski definition) is 0. The lowest BCUT2D eigenvalue weighted by Gasteiger charge is -2.48. The Bertz CT molecular complexity index is 803. The van der Waals surface area contributed by atoms with Gasteiger partial charge in [0.15, 0.2) is 0 Å². The number of rotatable bonds is 4. The highest BCUT2D eigenvalue weighted by Gasteiger charge is 2.50. The smallest absolute Gasteiger partial charge is 0.223 e. The first-order valence-corrected chi connectivity index (χ1v) is 10.8. The van der Waals surface area contributed by atoms with Gasteiger partial charge in [0.1, 0.15) is 0 Å². The van der Waals surface area contributed by atoms with E-state index in [1.54, 1.807) is 0 Å². The van der Waals surface area contributed by atoms with Crippen LogP contribution in [0, 0.1) is 12.3 Å². The van der Waals surface area contributed by atoms with Crippen LogP contribution in [-0.2, 0) is 16.9 Å². The van der Waals surface area contributed by atoms with Crippen LogP contribution in [0.15, 0.2) is 42.5 Å². The Morgan fingerprint density at radius 2 is 1.74 bits per heavy atom. The standard InChI is InChI=1S/C23H30N2OS/c1-18-9-10-20(27-18)16-25-17-22(15-21(25)26)11-13-23(14-12-22,24(2)3)19-7-5-4-6-8-19/h4-10H,11-17H2,1-3H3. The van der Waals surface area contributed by atoms with E-state index in [1.165, 1.54) is 15.3 Å². The molecule has 0 radical (unpaired) electrons. The zero-order valence-corrected chi connectivity index (χ0v) is 17.5. The summed E-state index contributed by atoms with van der Waals surface area (Å²) in [7, 11) is 4.41. The van der Waals surface area contributed by atoms with Gasteiger partial charge in [-0.2, -0.15) is 0 Å². The molecule has 27 heavy (non-hydrogen) atoms. The van der Waals surface area contributed by atoms with E-state index in [0.29, 0.717) is 5.91 Å². The first kappa shape index (κ1) is 18.7. The Morgan fingerprint density at radius 3 is 2.33 bits per heavy atom. The molecule has 1 saturated heterocycles. The maximum absolute atomic E-state index is 12.7. The van der Waals surface area contributed by atoms with Gasteiger partial charge in [-0.3, -0.25) is 9.69 Å². The third-order valence-corrected chi connectivity index (χ3v) is 7.84. The maximum Gasteiger partial charge on any atom is 0.223 e. The van der Waals surface area contributed by atoms with Crippen molar-refractivity contribution in [1.82, 2.24) is 9.80 Å². The molecule has 2 heterocycles. The highest BCUT2D eigenvalue weighted by Crippen LogP contribution is 2.52. The predicted molar refractivity (Wildman–Crippen MR) is 112 cm³/mol. The topological polar surface area (TPSA) is 23.6 Å². The molecule has 0 unspecified atom stereocenters. The van der Waals surface area contributed by atoms with Gasteiger partial charge in [0.2, 0.25) is 5.91 Å². The van der Waals surface area contributed by atoms with Crippen molar-refractivity contribution in [2.45, 2.75) is 51.1 Å². The van der Waals surface area contributed by atoms with E-state index >= 15 is 0 Å². The first-order valence-electron chi connectivity index (χ1n) is 9.99. The number of amides is 1. The molecule has 2 aliphatic rings. The summed E-state index contributed by atoms with van der Waals surface area (Å²) in [5.74, 6) is 0.345. The minimum Gasteiger partial charge on any atom is -0.337 e. The number of carbonyl (C=O) groups excluding carboxylic acids is 1. The third-order valence-electron chi connectivity index (χ3n) is 6.85. The lowest BCUT2D eigenvalue weighted by atomic mass is 9.64. The summed E-state index contributed by atoms with van der Waals surface area (Å²) < 4.78 is 0. The maximum atomic E-state index is 12.7. The van der Waals surface area contributed by atoms with Crippen LogP contribution in [0.2, 0.25) is 0 Å². The van der Waals surface area contributed by atoms with E-state index in [9.17, 15) is 4.79 Å². The molecular weight excluding hydrogens is 352 g/mol. The number of nitrogens with zero attached hydrogens (tertiary/aromatic N) is 2. The Morgan fingerprint density at radius 1 is 1.04 bits per heavy atom. The van der Waals surface area contributed by atoms with E-state index in [2.05, 4.69) is 73.3 Å². The van der Waals surface area contributed by atoms with Crippen LogP contribution in [-0.4, -0.2) is 36.3 Å². The summed E-state index contributed by atoms with van der Waals surface area (Å²) in [6, 6.07) is 15.3. The molecule has 3 nitrogen and oxygen atoms in total. The van der Waals surface area contributed by atoms with Gasteiger partial charge in [0.25, 0.3) is 0 Å². The molecule has 4 heteroatoms. The number of likely N-dealkylation sites (tertiary alicyclic amines) is 1. The molecule has 1 aliphatic heterocycles. The molecular formula is C23H30N2OS. The monoisotopic (exact) mass is 382 g/mol. The number of thiophene rings is 1. The average Bonchev–Trinajstić information content (AvgIpc) is 3.20. The normalized spacial score (nSPS) is 28.4. The number of benzene rings is 1. The van der Waals surface area contributed by atoms with Gasteiger partial charge in [-0.05, 0) is 69.8 Å². The summed E-state index contributed by atoms with van der Waals surface area (Å²) in [6.45, 7) is 3.85. The van der Waals surface area contributed by atoms with Crippen molar-refractivity contribution in [2.24, 2.45) is 5.41 Å². The van der Waals surface area contributed by atoms with E-state index in [1.807, 2.05) is 11.3 Å². The Balaban J connectivity index is 1.48. The second-order valence-corrected chi connectivity index (χ2v) is 10.1. The summed E-state index contributed by atoms with van der Waals surface area (Å²) in [4.78, 5) is 19.9. The number of carbonyl (C=O) groups is 1. The number of aryl methyl sites for hydroxylation is 1. The first-order chi connectivity index (χ1) is 12.9. The third kappa shape index (κ3) is 3.45. The van der Waals surface area contributed by atoms with Gasteiger partial charge < -0.3 is 4.90 Å². The van der Waals surface area contributed by atoms with Gasteiger partial charge in [0, 0.05) is 28.3 Å². The van der Waals surface area contributed by atoms with Crippen LogP contribution in [0.25, 0.3) is 0 Å². The van der Waals surface area contributed by atoms with E-state index in [4.69, 9.17) is 0 Å². The molecule has 2 aromatic rings. The van der Waals surface area contributed by atoms with Gasteiger partial charge in [-0.15, -0.1) is 11.3 Å². The largest absolute Gasteiger partial charge is 0.337 e. The molecule has 1 aliphatic carbocycles. The van der Waals surface area contributed by atoms with Gasteiger partial charge in [-0.1, -0.05) is 30.3 Å². The zero-order valence-electron chi connectivity index (χ0n) is 16.7. The van der Waals surface area contributed by atoms with Crippen LogP contribution >= 0.6 is 11.3 Å². The molecule has 1 aromatic heterocycles. The van der Waals surface area contributed by atoms with Crippen LogP contribution < -0.4 is 0 Å². The van der Waals surface area contributed by atoms with Crippen molar-refractivity contribution in [3.05, 3.63) is 57.8 Å². The summed E-state index contributed by atoms with van der Waals surface area (Å²) in [5.41, 5.74) is 1.70. The van der Waals surface area contributed by atoms with Crippen molar-refractivity contribution >= 4 is 17.2 Å². The molecule has 1 saturated carbocycles. The van der Waals surface area contributed by atoms with Crippen LogP contribution in [0.4, 0.5) is 0 Å². The van der Waals surface area contributed by atoms with Crippen molar-refractivity contribution < 1.29 is 4.79 Å². The minimum atomic E-state index is 0.105. The van der Waals surface area contributed by atoms with Gasteiger partial charge in [0.05, 0.1) is 6.54 Å². The fourth-order valence-corrected chi connectivity index (χ4v) is 6.06. The lowest BCUT2D eigenvalue weighted by Crippen LogP contribution is -2.47. The summed E-state index contributed by atoms with van der Waals surface area (Å²) in [6.07, 6.45) is 5.25. The highest BCUT2D eigenvalue weighted by molar-refractivity contribution is 7.11. The van der Waals surface area contributed by atoms with Crippen molar-refractivity contribution in [3.8, 4) is 0 Å². The summed E-state index contributed by atoms with van der Waals surface area (Å²) in [5, 5.41) is 0. The average molecular weight is 383 g/mol. The minimum absolute atomic E-state index is 0.105. The number of hydrogen-bond acceptors (Lipinski definition) is 3. The van der Waals surface area contributed by atoms with Crippen LogP contribution in [0.5, 0.6) is 0 Å². The Hall–Kier alpha value is -1.65. The molecule has 4 rings (SSSR count). The lowest BCUT2D eigenvalue weighted by molar-refractivity contribution is -0.128. The van der Waals surface area contributed by atoms with E-state index in [0.717, 1.165) is 45.2 Å². The van der Waals surface area contributed by atoms with Crippen molar-refractivity contribution in [3.63, 3.8) is 0 Å². The van der Waals surface area contributed by atoms with Crippen LogP contribution in [0.3, 0.4) is 0 Å². The predicted octanol–water partition coefficient (Wildman–Crippen LogP) is 4.81. The molecule has 0 atom stereocenters. The zero-order chi connectivity index (χ0) is 19.1. The van der Waals surface area contributed by atoms with Crippen molar-refractivity contribution in [1.29, 1.82) is 0 Å². The van der Waals surface area contributed by atoms with E-state index in [-0.39, 0.29) is 11.0 Å². The quantitative estimate of drug-likeness (QED) is 0.758. The second kappa shape index (κ2) is 7.06.